The van der Waals surface area contributed by atoms with Crippen LogP contribution in [0.2, 0.25) is 0 Å². The van der Waals surface area contributed by atoms with E-state index in [1.54, 1.807) is 58.3 Å². The molecular weight excluding hydrogens is 396 g/mol. The third-order valence-corrected chi connectivity index (χ3v) is 5.33. The quantitative estimate of drug-likeness (QED) is 0.700. The van der Waals surface area contributed by atoms with E-state index in [4.69, 9.17) is 4.74 Å². The van der Waals surface area contributed by atoms with E-state index in [2.05, 4.69) is 10.2 Å². The van der Waals surface area contributed by atoms with Crippen molar-refractivity contribution in [2.75, 3.05) is 26.2 Å². The molecule has 4 rings (SSSR count). The van der Waals surface area contributed by atoms with Gasteiger partial charge in [-0.05, 0) is 30.3 Å². The molecule has 8 nitrogen and oxygen atoms in total. The van der Waals surface area contributed by atoms with E-state index >= 15 is 0 Å². The summed E-state index contributed by atoms with van der Waals surface area (Å²) in [6.07, 6.45) is 0. The van der Waals surface area contributed by atoms with Gasteiger partial charge in [-0.15, -0.1) is 5.10 Å². The number of nitrogens with one attached hydrogen (secondary N) is 1. The number of aromatic nitrogens is 2. The maximum absolute atomic E-state index is 13.0. The number of H-pyrrole nitrogens is 1. The van der Waals surface area contributed by atoms with Crippen molar-refractivity contribution in [2.24, 2.45) is 5.92 Å². The van der Waals surface area contributed by atoms with Gasteiger partial charge in [0.25, 0.3) is 11.5 Å². The highest BCUT2D eigenvalue weighted by molar-refractivity contribution is 5.95. The molecule has 0 unspecified atom stereocenters. The van der Waals surface area contributed by atoms with Gasteiger partial charge in [-0.25, -0.2) is 5.10 Å². The summed E-state index contributed by atoms with van der Waals surface area (Å²) >= 11 is 0. The van der Waals surface area contributed by atoms with Gasteiger partial charge in [-0.1, -0.05) is 32.0 Å². The van der Waals surface area contributed by atoms with Crippen molar-refractivity contribution in [2.45, 2.75) is 13.8 Å². The molecule has 1 aliphatic heterocycles. The molecule has 1 fully saturated rings. The zero-order valence-corrected chi connectivity index (χ0v) is 17.5. The molecule has 3 aromatic rings. The smallest absolute Gasteiger partial charge is 0.272 e. The van der Waals surface area contributed by atoms with Crippen LogP contribution in [0.1, 0.15) is 24.2 Å². The second kappa shape index (κ2) is 8.59. The Morgan fingerprint density at radius 3 is 2.35 bits per heavy atom. The highest BCUT2D eigenvalue weighted by Gasteiger charge is 2.26. The SMILES string of the molecule is CC(C)C(=O)N1CCN(C(=O)c2cccc(Oc3n[nH]c(=O)c4ccccc34)c2)CC1. The number of hydrogen-bond donors (Lipinski definition) is 1. The normalized spacial score (nSPS) is 14.2. The van der Waals surface area contributed by atoms with E-state index in [1.807, 2.05) is 13.8 Å². The van der Waals surface area contributed by atoms with Gasteiger partial charge >= 0.3 is 0 Å². The molecule has 1 aromatic heterocycles. The fourth-order valence-corrected chi connectivity index (χ4v) is 3.65. The van der Waals surface area contributed by atoms with Crippen molar-refractivity contribution >= 4 is 22.6 Å². The summed E-state index contributed by atoms with van der Waals surface area (Å²) in [5.74, 6) is 0.669. The Bertz CT molecular complexity index is 1180. The van der Waals surface area contributed by atoms with Crippen molar-refractivity contribution < 1.29 is 14.3 Å². The maximum Gasteiger partial charge on any atom is 0.272 e. The fraction of sp³-hybridized carbons (Fsp3) is 0.304. The fourth-order valence-electron chi connectivity index (χ4n) is 3.65. The molecule has 2 aromatic carbocycles. The van der Waals surface area contributed by atoms with E-state index in [0.29, 0.717) is 48.3 Å². The minimum atomic E-state index is -0.290. The predicted octanol–water partition coefficient (Wildman–Crippen LogP) is 2.66. The Hall–Kier alpha value is -3.68. The molecule has 0 spiro atoms. The lowest BCUT2D eigenvalue weighted by Gasteiger charge is -2.35. The number of carbonyl (C=O) groups excluding carboxylic acids is 2. The topological polar surface area (TPSA) is 95.6 Å². The van der Waals surface area contributed by atoms with Crippen LogP contribution in [0.3, 0.4) is 0 Å². The van der Waals surface area contributed by atoms with E-state index in [0.717, 1.165) is 0 Å². The Morgan fingerprint density at radius 1 is 0.968 bits per heavy atom. The van der Waals surface area contributed by atoms with Crippen LogP contribution >= 0.6 is 0 Å². The molecular formula is C23H24N4O4. The molecule has 0 aliphatic carbocycles. The molecule has 0 radical (unpaired) electrons. The van der Waals surface area contributed by atoms with Gasteiger partial charge in [0.2, 0.25) is 11.8 Å². The number of nitrogens with zero attached hydrogens (tertiary/aromatic N) is 3. The first-order valence-corrected chi connectivity index (χ1v) is 10.3. The third-order valence-electron chi connectivity index (χ3n) is 5.33. The summed E-state index contributed by atoms with van der Waals surface area (Å²) in [6.45, 7) is 5.82. The number of ether oxygens (including phenoxy) is 1. The first kappa shape index (κ1) is 20.6. The molecule has 31 heavy (non-hydrogen) atoms. The molecule has 1 saturated heterocycles. The van der Waals surface area contributed by atoms with Crippen LogP contribution < -0.4 is 10.3 Å². The standard InChI is InChI=1S/C23H24N4O4/c1-15(2)22(29)26-10-12-27(13-11-26)23(30)16-6-5-7-17(14-16)31-21-19-9-4-3-8-18(19)20(28)24-25-21/h3-9,14-15H,10-13H2,1-2H3,(H,24,28). The van der Waals surface area contributed by atoms with Crippen LogP contribution in [0.25, 0.3) is 10.8 Å². The summed E-state index contributed by atoms with van der Waals surface area (Å²) in [5.41, 5.74) is 0.205. The Labute approximate surface area is 179 Å². The van der Waals surface area contributed by atoms with Crippen molar-refractivity contribution in [3.8, 4) is 11.6 Å². The number of rotatable bonds is 4. The van der Waals surface area contributed by atoms with Crippen LogP contribution in [0.5, 0.6) is 11.6 Å². The largest absolute Gasteiger partial charge is 0.437 e. The van der Waals surface area contributed by atoms with Crippen LogP contribution in [-0.2, 0) is 4.79 Å². The Kier molecular flexibility index (Phi) is 5.70. The van der Waals surface area contributed by atoms with E-state index in [-0.39, 0.29) is 29.2 Å². The van der Waals surface area contributed by atoms with Gasteiger partial charge in [0.15, 0.2) is 0 Å². The lowest BCUT2D eigenvalue weighted by molar-refractivity contribution is -0.135. The lowest BCUT2D eigenvalue weighted by Crippen LogP contribution is -2.51. The van der Waals surface area contributed by atoms with Crippen molar-refractivity contribution in [3.05, 3.63) is 64.4 Å². The number of hydrogen-bond acceptors (Lipinski definition) is 5. The molecule has 0 saturated carbocycles. The second-order valence-electron chi connectivity index (χ2n) is 7.81. The molecule has 0 atom stereocenters. The maximum atomic E-state index is 13.0. The van der Waals surface area contributed by atoms with Crippen LogP contribution in [-0.4, -0.2) is 58.0 Å². The molecule has 160 valence electrons. The average Bonchev–Trinajstić information content (AvgIpc) is 2.80. The Morgan fingerprint density at radius 2 is 1.65 bits per heavy atom. The zero-order valence-electron chi connectivity index (χ0n) is 17.5. The highest BCUT2D eigenvalue weighted by Crippen LogP contribution is 2.26. The van der Waals surface area contributed by atoms with Crippen LogP contribution in [0.15, 0.2) is 53.3 Å². The minimum Gasteiger partial charge on any atom is -0.437 e. The zero-order chi connectivity index (χ0) is 22.0. The molecule has 2 heterocycles. The summed E-state index contributed by atoms with van der Waals surface area (Å²) in [4.78, 5) is 40.6. The van der Waals surface area contributed by atoms with Gasteiger partial charge < -0.3 is 14.5 Å². The van der Waals surface area contributed by atoms with Gasteiger partial charge in [0.1, 0.15) is 5.75 Å². The summed E-state index contributed by atoms with van der Waals surface area (Å²) in [7, 11) is 0. The minimum absolute atomic E-state index is 0.0475. The summed E-state index contributed by atoms with van der Waals surface area (Å²) in [5, 5.41) is 7.52. The predicted molar refractivity (Wildman–Crippen MR) is 116 cm³/mol. The molecule has 1 N–H and O–H groups in total. The second-order valence-corrected chi connectivity index (χ2v) is 7.81. The molecule has 8 heteroatoms. The van der Waals surface area contributed by atoms with Gasteiger partial charge in [0.05, 0.1) is 10.8 Å². The molecule has 1 aliphatic rings. The number of benzene rings is 2. The Balaban J connectivity index is 1.49. The first-order chi connectivity index (χ1) is 14.9. The van der Waals surface area contributed by atoms with E-state index in [9.17, 15) is 14.4 Å². The number of carbonyl (C=O) groups is 2. The van der Waals surface area contributed by atoms with E-state index < -0.39 is 0 Å². The van der Waals surface area contributed by atoms with E-state index in [1.165, 1.54) is 0 Å². The van der Waals surface area contributed by atoms with Crippen molar-refractivity contribution in [1.29, 1.82) is 0 Å². The van der Waals surface area contributed by atoms with Crippen LogP contribution in [0.4, 0.5) is 0 Å². The number of piperazine rings is 1. The third kappa shape index (κ3) is 4.28. The number of fused-ring (bicyclic) bond motifs is 1. The highest BCUT2D eigenvalue weighted by atomic mass is 16.5. The van der Waals surface area contributed by atoms with Crippen LogP contribution in [0, 0.1) is 5.92 Å². The number of amides is 2. The first-order valence-electron chi connectivity index (χ1n) is 10.3. The average molecular weight is 420 g/mol. The lowest BCUT2D eigenvalue weighted by atomic mass is 10.1. The molecule has 0 bridgehead atoms. The summed E-state index contributed by atoms with van der Waals surface area (Å²) < 4.78 is 5.89. The summed E-state index contributed by atoms with van der Waals surface area (Å²) in [6, 6.07) is 13.9. The number of aromatic amines is 1. The monoisotopic (exact) mass is 420 g/mol. The van der Waals surface area contributed by atoms with Gasteiger partial charge in [0, 0.05) is 37.7 Å². The van der Waals surface area contributed by atoms with Gasteiger partial charge in [-0.2, -0.15) is 0 Å². The molecule has 2 amide bonds. The van der Waals surface area contributed by atoms with Crippen molar-refractivity contribution in [3.63, 3.8) is 0 Å². The van der Waals surface area contributed by atoms with Crippen molar-refractivity contribution in [1.82, 2.24) is 20.0 Å². The van der Waals surface area contributed by atoms with Gasteiger partial charge in [-0.3, -0.25) is 14.4 Å².